The first-order chi connectivity index (χ1) is 11.2. The van der Waals surface area contributed by atoms with Crippen LogP contribution in [0, 0.1) is 11.8 Å². The summed E-state index contributed by atoms with van der Waals surface area (Å²) < 4.78 is 10.6. The van der Waals surface area contributed by atoms with Gasteiger partial charge in [0.2, 0.25) is 0 Å². The van der Waals surface area contributed by atoms with E-state index in [1.807, 2.05) is 30.3 Å². The first-order valence-electron chi connectivity index (χ1n) is 6.96. The minimum Gasteiger partial charge on any atom is -0.493 e. The molecule has 0 atom stereocenters. The monoisotopic (exact) mass is 329 g/mol. The fourth-order valence-electron chi connectivity index (χ4n) is 1.78. The SMILES string of the molecule is COc1ccccc1OCC(=O)NCC#Cc1ccccc1Cl. The fraction of sp³-hybridized carbons (Fsp3) is 0.167. The third-order valence-electron chi connectivity index (χ3n) is 2.90. The van der Waals surface area contributed by atoms with E-state index in [2.05, 4.69) is 17.2 Å². The van der Waals surface area contributed by atoms with E-state index < -0.39 is 0 Å². The zero-order valence-electron chi connectivity index (χ0n) is 12.6. The molecule has 2 rings (SSSR count). The van der Waals surface area contributed by atoms with Gasteiger partial charge in [-0.05, 0) is 24.3 Å². The van der Waals surface area contributed by atoms with Gasteiger partial charge in [-0.15, -0.1) is 0 Å². The molecule has 0 aliphatic heterocycles. The number of methoxy groups -OCH3 is 1. The summed E-state index contributed by atoms with van der Waals surface area (Å²) in [5.41, 5.74) is 0.730. The number of hydrogen-bond donors (Lipinski definition) is 1. The minimum atomic E-state index is -0.260. The van der Waals surface area contributed by atoms with Gasteiger partial charge in [-0.2, -0.15) is 0 Å². The van der Waals surface area contributed by atoms with Crippen molar-refractivity contribution in [2.75, 3.05) is 20.3 Å². The zero-order valence-corrected chi connectivity index (χ0v) is 13.4. The van der Waals surface area contributed by atoms with E-state index >= 15 is 0 Å². The van der Waals surface area contributed by atoms with Crippen LogP contribution in [0.5, 0.6) is 11.5 Å². The van der Waals surface area contributed by atoms with Crippen LogP contribution in [0.2, 0.25) is 5.02 Å². The molecule has 23 heavy (non-hydrogen) atoms. The lowest BCUT2D eigenvalue weighted by atomic mass is 10.2. The Balaban J connectivity index is 1.79. The van der Waals surface area contributed by atoms with E-state index in [0.29, 0.717) is 16.5 Å². The van der Waals surface area contributed by atoms with Crippen LogP contribution in [-0.4, -0.2) is 26.2 Å². The molecule has 0 bridgehead atoms. The Bertz CT molecular complexity index is 734. The van der Waals surface area contributed by atoms with E-state index in [4.69, 9.17) is 21.1 Å². The fourth-order valence-corrected chi connectivity index (χ4v) is 1.96. The van der Waals surface area contributed by atoms with Gasteiger partial charge < -0.3 is 14.8 Å². The van der Waals surface area contributed by atoms with Gasteiger partial charge in [0.05, 0.1) is 18.7 Å². The molecular weight excluding hydrogens is 314 g/mol. The maximum atomic E-state index is 11.7. The second-order valence-corrected chi connectivity index (χ2v) is 4.91. The van der Waals surface area contributed by atoms with Gasteiger partial charge in [0.1, 0.15) is 0 Å². The number of carbonyl (C=O) groups excluding carboxylic acids is 1. The van der Waals surface area contributed by atoms with Crippen molar-refractivity contribution in [3.8, 4) is 23.3 Å². The topological polar surface area (TPSA) is 47.6 Å². The molecular formula is C18H16ClNO3. The summed E-state index contributed by atoms with van der Waals surface area (Å²) in [6.07, 6.45) is 0. The van der Waals surface area contributed by atoms with E-state index in [9.17, 15) is 4.79 Å². The van der Waals surface area contributed by atoms with Gasteiger partial charge in [-0.3, -0.25) is 4.79 Å². The lowest BCUT2D eigenvalue weighted by Crippen LogP contribution is -2.29. The largest absolute Gasteiger partial charge is 0.493 e. The van der Waals surface area contributed by atoms with Crippen LogP contribution in [0.4, 0.5) is 0 Å². The second kappa shape index (κ2) is 8.72. The number of ether oxygens (including phenoxy) is 2. The van der Waals surface area contributed by atoms with Gasteiger partial charge in [-0.1, -0.05) is 47.7 Å². The lowest BCUT2D eigenvalue weighted by Gasteiger charge is -2.09. The summed E-state index contributed by atoms with van der Waals surface area (Å²) in [4.78, 5) is 11.7. The van der Waals surface area contributed by atoms with Crippen molar-refractivity contribution >= 4 is 17.5 Å². The van der Waals surface area contributed by atoms with Crippen LogP contribution in [0.1, 0.15) is 5.56 Å². The Morgan fingerprint density at radius 1 is 1.13 bits per heavy atom. The maximum Gasteiger partial charge on any atom is 0.258 e. The van der Waals surface area contributed by atoms with Crippen molar-refractivity contribution in [2.24, 2.45) is 0 Å². The van der Waals surface area contributed by atoms with Crippen LogP contribution < -0.4 is 14.8 Å². The molecule has 0 saturated carbocycles. The average Bonchev–Trinajstić information content (AvgIpc) is 2.58. The highest BCUT2D eigenvalue weighted by Gasteiger charge is 2.05. The molecule has 0 aliphatic carbocycles. The first-order valence-corrected chi connectivity index (χ1v) is 7.34. The smallest absolute Gasteiger partial charge is 0.258 e. The van der Waals surface area contributed by atoms with Crippen LogP contribution in [0.15, 0.2) is 48.5 Å². The predicted molar refractivity (Wildman–Crippen MR) is 89.8 cm³/mol. The van der Waals surface area contributed by atoms with Crippen molar-refractivity contribution in [3.05, 3.63) is 59.1 Å². The molecule has 0 heterocycles. The number of hydrogen-bond acceptors (Lipinski definition) is 3. The Labute approximate surface area is 140 Å². The summed E-state index contributed by atoms with van der Waals surface area (Å²) >= 11 is 5.99. The summed E-state index contributed by atoms with van der Waals surface area (Å²) in [6, 6.07) is 14.4. The highest BCUT2D eigenvalue weighted by molar-refractivity contribution is 6.31. The lowest BCUT2D eigenvalue weighted by molar-refractivity contribution is -0.122. The molecule has 5 heteroatoms. The van der Waals surface area contributed by atoms with Crippen LogP contribution >= 0.6 is 11.6 Å². The number of carbonyl (C=O) groups is 1. The van der Waals surface area contributed by atoms with Crippen LogP contribution in [0.3, 0.4) is 0 Å². The third-order valence-corrected chi connectivity index (χ3v) is 3.23. The zero-order chi connectivity index (χ0) is 16.5. The van der Waals surface area contributed by atoms with E-state index in [0.717, 1.165) is 5.56 Å². The highest BCUT2D eigenvalue weighted by Crippen LogP contribution is 2.25. The second-order valence-electron chi connectivity index (χ2n) is 4.50. The maximum absolute atomic E-state index is 11.7. The number of benzene rings is 2. The van der Waals surface area contributed by atoms with Crippen LogP contribution in [0.25, 0.3) is 0 Å². The van der Waals surface area contributed by atoms with Crippen molar-refractivity contribution in [2.45, 2.75) is 0 Å². The normalized spacial score (nSPS) is 9.48. The van der Waals surface area contributed by atoms with Gasteiger partial charge in [0.25, 0.3) is 5.91 Å². The highest BCUT2D eigenvalue weighted by atomic mass is 35.5. The molecule has 0 fully saturated rings. The Hall–Kier alpha value is -2.64. The van der Waals surface area contributed by atoms with E-state index in [-0.39, 0.29) is 19.1 Å². The Morgan fingerprint density at radius 2 is 1.83 bits per heavy atom. The van der Waals surface area contributed by atoms with Gasteiger partial charge in [-0.25, -0.2) is 0 Å². The molecule has 0 aliphatic rings. The molecule has 2 aromatic rings. The van der Waals surface area contributed by atoms with E-state index in [1.54, 1.807) is 25.3 Å². The average molecular weight is 330 g/mol. The number of amides is 1. The van der Waals surface area contributed by atoms with Crippen molar-refractivity contribution in [3.63, 3.8) is 0 Å². The number of rotatable bonds is 5. The van der Waals surface area contributed by atoms with Gasteiger partial charge in [0, 0.05) is 5.56 Å². The molecule has 0 aromatic heterocycles. The molecule has 0 saturated heterocycles. The molecule has 1 N–H and O–H groups in total. The van der Waals surface area contributed by atoms with Crippen molar-refractivity contribution in [1.29, 1.82) is 0 Å². The first kappa shape index (κ1) is 16.7. The van der Waals surface area contributed by atoms with Gasteiger partial charge >= 0.3 is 0 Å². The summed E-state index contributed by atoms with van der Waals surface area (Å²) in [7, 11) is 1.55. The van der Waals surface area contributed by atoms with Crippen molar-refractivity contribution < 1.29 is 14.3 Å². The number of halogens is 1. The summed E-state index contributed by atoms with van der Waals surface area (Å²) in [5.74, 6) is 6.59. The predicted octanol–water partition coefficient (Wildman–Crippen LogP) is 2.90. The quantitative estimate of drug-likeness (QED) is 0.858. The third kappa shape index (κ3) is 5.24. The molecule has 0 radical (unpaired) electrons. The summed E-state index contributed by atoms with van der Waals surface area (Å²) in [5, 5.41) is 3.25. The Kier molecular flexibility index (Phi) is 6.34. The van der Waals surface area contributed by atoms with Crippen LogP contribution in [-0.2, 0) is 4.79 Å². The molecule has 1 amide bonds. The molecule has 2 aromatic carbocycles. The molecule has 0 unspecified atom stereocenters. The standard InChI is InChI=1S/C18H16ClNO3/c1-22-16-10-4-5-11-17(16)23-13-18(21)20-12-6-8-14-7-2-3-9-15(14)19/h2-5,7,9-11H,12-13H2,1H3,(H,20,21). The molecule has 118 valence electrons. The minimum absolute atomic E-state index is 0.103. The van der Waals surface area contributed by atoms with Gasteiger partial charge in [0.15, 0.2) is 18.1 Å². The molecule has 0 spiro atoms. The summed E-state index contributed by atoms with van der Waals surface area (Å²) in [6.45, 7) is 0.119. The number of para-hydroxylation sites is 2. The van der Waals surface area contributed by atoms with Crippen molar-refractivity contribution in [1.82, 2.24) is 5.32 Å². The van der Waals surface area contributed by atoms with E-state index in [1.165, 1.54) is 0 Å². The molecule has 4 nitrogen and oxygen atoms in total. The number of nitrogens with one attached hydrogen (secondary N) is 1. The Morgan fingerprint density at radius 3 is 2.57 bits per heavy atom.